The lowest BCUT2D eigenvalue weighted by Crippen LogP contribution is -2.39. The van der Waals surface area contributed by atoms with Crippen molar-refractivity contribution in [1.82, 2.24) is 15.8 Å². The van der Waals surface area contributed by atoms with E-state index in [1.165, 1.54) is 18.6 Å². The van der Waals surface area contributed by atoms with Crippen LogP contribution in [0.1, 0.15) is 44.1 Å². The third-order valence-electron chi connectivity index (χ3n) is 3.34. The SMILES string of the molecule is CN=C(NCc1cc(C(C)C)no1)NCC1CCCS1. The van der Waals surface area contributed by atoms with Gasteiger partial charge in [-0.2, -0.15) is 11.8 Å². The van der Waals surface area contributed by atoms with Crippen LogP contribution in [0, 0.1) is 0 Å². The Balaban J connectivity index is 1.75. The maximum Gasteiger partial charge on any atom is 0.191 e. The van der Waals surface area contributed by atoms with Crippen molar-refractivity contribution in [2.45, 2.75) is 44.4 Å². The highest BCUT2D eigenvalue weighted by molar-refractivity contribution is 8.00. The second kappa shape index (κ2) is 7.57. The van der Waals surface area contributed by atoms with Gasteiger partial charge in [0.25, 0.3) is 0 Å². The minimum Gasteiger partial charge on any atom is -0.359 e. The summed E-state index contributed by atoms with van der Waals surface area (Å²) in [6.45, 7) is 5.79. The van der Waals surface area contributed by atoms with Gasteiger partial charge in [0.05, 0.1) is 12.2 Å². The fourth-order valence-electron chi connectivity index (χ4n) is 2.09. The van der Waals surface area contributed by atoms with Crippen LogP contribution in [0.4, 0.5) is 0 Å². The fourth-order valence-corrected chi connectivity index (χ4v) is 3.29. The molecule has 2 N–H and O–H groups in total. The van der Waals surface area contributed by atoms with Gasteiger partial charge in [0.15, 0.2) is 11.7 Å². The predicted octanol–water partition coefficient (Wildman–Crippen LogP) is 2.36. The molecule has 1 aliphatic rings. The maximum absolute atomic E-state index is 5.30. The molecule has 6 heteroatoms. The highest BCUT2D eigenvalue weighted by Crippen LogP contribution is 2.25. The number of nitrogens with zero attached hydrogens (tertiary/aromatic N) is 2. The summed E-state index contributed by atoms with van der Waals surface area (Å²) in [6.07, 6.45) is 2.63. The molecule has 0 bridgehead atoms. The Morgan fingerprint density at radius 3 is 3.00 bits per heavy atom. The van der Waals surface area contributed by atoms with Crippen LogP contribution in [0.25, 0.3) is 0 Å². The van der Waals surface area contributed by atoms with Crippen LogP contribution in [-0.4, -0.2) is 35.7 Å². The Labute approximate surface area is 125 Å². The van der Waals surface area contributed by atoms with E-state index in [0.717, 1.165) is 24.0 Å². The smallest absolute Gasteiger partial charge is 0.191 e. The molecule has 0 radical (unpaired) electrons. The second-order valence-corrected chi connectivity index (χ2v) is 6.72. The van der Waals surface area contributed by atoms with Crippen LogP contribution in [-0.2, 0) is 6.54 Å². The summed E-state index contributed by atoms with van der Waals surface area (Å²) in [5.74, 6) is 3.34. The lowest BCUT2D eigenvalue weighted by molar-refractivity contribution is 0.372. The first-order valence-electron chi connectivity index (χ1n) is 7.20. The number of hydrogen-bond acceptors (Lipinski definition) is 4. The molecule has 20 heavy (non-hydrogen) atoms. The summed E-state index contributed by atoms with van der Waals surface area (Å²) in [4.78, 5) is 4.23. The zero-order chi connectivity index (χ0) is 14.4. The first kappa shape index (κ1) is 15.2. The van der Waals surface area contributed by atoms with Crippen molar-refractivity contribution in [3.63, 3.8) is 0 Å². The summed E-state index contributed by atoms with van der Waals surface area (Å²) in [7, 11) is 1.79. The van der Waals surface area contributed by atoms with E-state index in [-0.39, 0.29) is 0 Å². The standard InChI is InChI=1S/C14H24N4OS/c1-10(2)13-7-11(19-18-13)8-16-14(15-3)17-9-12-5-4-6-20-12/h7,10,12H,4-6,8-9H2,1-3H3,(H2,15,16,17). The Morgan fingerprint density at radius 1 is 1.55 bits per heavy atom. The van der Waals surface area contributed by atoms with Gasteiger partial charge in [-0.05, 0) is 24.5 Å². The Kier molecular flexibility index (Phi) is 5.76. The molecule has 0 saturated carbocycles. The van der Waals surface area contributed by atoms with Gasteiger partial charge in [0.1, 0.15) is 0 Å². The molecule has 0 amide bonds. The van der Waals surface area contributed by atoms with E-state index in [1.807, 2.05) is 17.8 Å². The topological polar surface area (TPSA) is 62.5 Å². The van der Waals surface area contributed by atoms with E-state index in [2.05, 4.69) is 34.6 Å². The molecule has 1 aliphatic heterocycles. The van der Waals surface area contributed by atoms with Crippen molar-refractivity contribution in [3.05, 3.63) is 17.5 Å². The number of nitrogens with one attached hydrogen (secondary N) is 2. The van der Waals surface area contributed by atoms with Crippen molar-refractivity contribution in [2.24, 2.45) is 4.99 Å². The zero-order valence-corrected chi connectivity index (χ0v) is 13.3. The van der Waals surface area contributed by atoms with E-state index in [1.54, 1.807) is 7.05 Å². The Hall–Kier alpha value is -1.17. The summed E-state index contributed by atoms with van der Waals surface area (Å²) in [5, 5.41) is 11.4. The van der Waals surface area contributed by atoms with Gasteiger partial charge < -0.3 is 15.2 Å². The maximum atomic E-state index is 5.30. The van der Waals surface area contributed by atoms with Gasteiger partial charge in [0, 0.05) is 24.9 Å². The zero-order valence-electron chi connectivity index (χ0n) is 12.5. The average Bonchev–Trinajstić information content (AvgIpc) is 3.10. The summed E-state index contributed by atoms with van der Waals surface area (Å²) in [6, 6.07) is 2.00. The highest BCUT2D eigenvalue weighted by atomic mass is 32.2. The third-order valence-corrected chi connectivity index (χ3v) is 4.74. The lowest BCUT2D eigenvalue weighted by atomic mass is 10.1. The molecule has 5 nitrogen and oxygen atoms in total. The van der Waals surface area contributed by atoms with Crippen LogP contribution < -0.4 is 10.6 Å². The van der Waals surface area contributed by atoms with Crippen LogP contribution in [0.5, 0.6) is 0 Å². The molecule has 1 fully saturated rings. The predicted molar refractivity (Wildman–Crippen MR) is 84.3 cm³/mol. The van der Waals surface area contributed by atoms with Gasteiger partial charge in [0.2, 0.25) is 0 Å². The first-order chi connectivity index (χ1) is 9.69. The third kappa shape index (κ3) is 4.44. The van der Waals surface area contributed by atoms with E-state index in [0.29, 0.717) is 17.7 Å². The number of rotatable bonds is 5. The van der Waals surface area contributed by atoms with Crippen molar-refractivity contribution in [3.8, 4) is 0 Å². The minimum atomic E-state index is 0.393. The summed E-state index contributed by atoms with van der Waals surface area (Å²) < 4.78 is 5.30. The van der Waals surface area contributed by atoms with Gasteiger partial charge in [-0.3, -0.25) is 4.99 Å². The monoisotopic (exact) mass is 296 g/mol. The Morgan fingerprint density at radius 2 is 2.40 bits per heavy atom. The molecule has 1 aromatic heterocycles. The molecule has 112 valence electrons. The van der Waals surface area contributed by atoms with Crippen LogP contribution in [0.15, 0.2) is 15.6 Å². The van der Waals surface area contributed by atoms with Gasteiger partial charge in [-0.25, -0.2) is 0 Å². The van der Waals surface area contributed by atoms with Crippen molar-refractivity contribution < 1.29 is 4.52 Å². The van der Waals surface area contributed by atoms with Crippen LogP contribution in [0.3, 0.4) is 0 Å². The summed E-state index contributed by atoms with van der Waals surface area (Å²) >= 11 is 2.04. The number of aromatic nitrogens is 1. The van der Waals surface area contributed by atoms with Crippen LogP contribution >= 0.6 is 11.8 Å². The van der Waals surface area contributed by atoms with Crippen molar-refractivity contribution >= 4 is 17.7 Å². The quantitative estimate of drug-likeness (QED) is 0.645. The van der Waals surface area contributed by atoms with E-state index in [9.17, 15) is 0 Å². The molecule has 0 aliphatic carbocycles. The average molecular weight is 296 g/mol. The Bertz CT molecular complexity index is 438. The molecule has 1 saturated heterocycles. The van der Waals surface area contributed by atoms with Gasteiger partial charge in [-0.15, -0.1) is 0 Å². The molecular formula is C14H24N4OS. The molecular weight excluding hydrogens is 272 g/mol. The molecule has 1 atom stereocenters. The van der Waals surface area contributed by atoms with Crippen molar-refractivity contribution in [2.75, 3.05) is 19.3 Å². The minimum absolute atomic E-state index is 0.393. The highest BCUT2D eigenvalue weighted by Gasteiger charge is 2.15. The first-order valence-corrected chi connectivity index (χ1v) is 8.25. The molecule has 2 heterocycles. The number of aliphatic imine (C=N–C) groups is 1. The van der Waals surface area contributed by atoms with Gasteiger partial charge in [-0.1, -0.05) is 19.0 Å². The lowest BCUT2D eigenvalue weighted by Gasteiger charge is -2.13. The molecule has 0 spiro atoms. The van der Waals surface area contributed by atoms with E-state index >= 15 is 0 Å². The number of hydrogen-bond donors (Lipinski definition) is 2. The molecule has 0 aromatic carbocycles. The second-order valence-electron chi connectivity index (χ2n) is 5.31. The fraction of sp³-hybridized carbons (Fsp3) is 0.714. The molecule has 2 rings (SSSR count). The normalized spacial score (nSPS) is 19.6. The van der Waals surface area contributed by atoms with Gasteiger partial charge >= 0.3 is 0 Å². The molecule has 1 aromatic rings. The number of guanidine groups is 1. The van der Waals surface area contributed by atoms with Crippen LogP contribution in [0.2, 0.25) is 0 Å². The van der Waals surface area contributed by atoms with E-state index < -0.39 is 0 Å². The van der Waals surface area contributed by atoms with E-state index in [4.69, 9.17) is 4.52 Å². The molecule has 1 unspecified atom stereocenters. The number of thioether (sulfide) groups is 1. The largest absolute Gasteiger partial charge is 0.359 e. The van der Waals surface area contributed by atoms with Crippen molar-refractivity contribution in [1.29, 1.82) is 0 Å². The summed E-state index contributed by atoms with van der Waals surface area (Å²) in [5.41, 5.74) is 0.993.